The number of sulfonamides is 1. The van der Waals surface area contributed by atoms with Crippen molar-refractivity contribution in [3.8, 4) is 0 Å². The third-order valence-electron chi connectivity index (χ3n) is 5.79. The highest BCUT2D eigenvalue weighted by atomic mass is 32.2. The predicted molar refractivity (Wildman–Crippen MR) is 104 cm³/mol. The van der Waals surface area contributed by atoms with Gasteiger partial charge >= 0.3 is 15.5 Å². The van der Waals surface area contributed by atoms with Gasteiger partial charge in [-0.2, -0.15) is 17.5 Å². The van der Waals surface area contributed by atoms with E-state index in [9.17, 15) is 21.6 Å². The van der Waals surface area contributed by atoms with Gasteiger partial charge in [-0.3, -0.25) is 4.99 Å². The Balaban J connectivity index is 1.61. The predicted octanol–water partition coefficient (Wildman–Crippen LogP) is 3.07. The average molecular weight is 427 g/mol. The Kier molecular flexibility index (Phi) is 8.85. The summed E-state index contributed by atoms with van der Waals surface area (Å²) in [5, 5.41) is 6.47. The first-order chi connectivity index (χ1) is 13.2. The summed E-state index contributed by atoms with van der Waals surface area (Å²) in [6.07, 6.45) is 9.90. The molecule has 164 valence electrons. The SMILES string of the molecule is CN=C(NCCCCC1CCCC1)NCC1CCN(S(=O)(=O)C(F)(F)F)CC1. The molecule has 0 unspecified atom stereocenters. The number of aliphatic imine (C=N–C) groups is 1. The van der Waals surface area contributed by atoms with Gasteiger partial charge in [-0.05, 0) is 31.1 Å². The van der Waals surface area contributed by atoms with E-state index in [2.05, 4.69) is 15.6 Å². The number of nitrogens with one attached hydrogen (secondary N) is 2. The Hall–Kier alpha value is -1.03. The Bertz CT molecular complexity index is 596. The number of guanidine groups is 1. The highest BCUT2D eigenvalue weighted by molar-refractivity contribution is 7.90. The van der Waals surface area contributed by atoms with Gasteiger partial charge < -0.3 is 10.6 Å². The highest BCUT2D eigenvalue weighted by Crippen LogP contribution is 2.30. The molecule has 1 heterocycles. The summed E-state index contributed by atoms with van der Waals surface area (Å²) in [5.74, 6) is 1.72. The van der Waals surface area contributed by atoms with Crippen LogP contribution in [0.2, 0.25) is 0 Å². The van der Waals surface area contributed by atoms with Gasteiger partial charge in [0.05, 0.1) is 0 Å². The van der Waals surface area contributed by atoms with Crippen LogP contribution >= 0.6 is 0 Å². The lowest BCUT2D eigenvalue weighted by Crippen LogP contribution is -2.47. The fourth-order valence-electron chi connectivity index (χ4n) is 4.03. The van der Waals surface area contributed by atoms with Crippen LogP contribution in [0.1, 0.15) is 57.8 Å². The van der Waals surface area contributed by atoms with Gasteiger partial charge in [0.15, 0.2) is 5.96 Å². The minimum absolute atomic E-state index is 0.0958. The van der Waals surface area contributed by atoms with Crippen molar-refractivity contribution >= 4 is 16.0 Å². The largest absolute Gasteiger partial charge is 0.511 e. The molecule has 0 aromatic heterocycles. The van der Waals surface area contributed by atoms with Gasteiger partial charge in [0.1, 0.15) is 0 Å². The van der Waals surface area contributed by atoms with Crippen LogP contribution in [0.25, 0.3) is 0 Å². The zero-order chi connectivity index (χ0) is 20.6. The van der Waals surface area contributed by atoms with Gasteiger partial charge in [0.25, 0.3) is 0 Å². The molecule has 1 aliphatic carbocycles. The summed E-state index contributed by atoms with van der Waals surface area (Å²) in [4.78, 5) is 4.17. The molecule has 0 spiro atoms. The second kappa shape index (κ2) is 10.7. The van der Waals surface area contributed by atoms with Crippen molar-refractivity contribution in [3.05, 3.63) is 0 Å². The van der Waals surface area contributed by atoms with E-state index in [1.165, 1.54) is 38.5 Å². The molecular formula is C18H33F3N4O2S. The number of hydrogen-bond acceptors (Lipinski definition) is 3. The lowest BCUT2D eigenvalue weighted by molar-refractivity contribution is -0.0496. The fraction of sp³-hybridized carbons (Fsp3) is 0.944. The summed E-state index contributed by atoms with van der Waals surface area (Å²) in [5.41, 5.74) is -5.22. The number of piperidine rings is 1. The van der Waals surface area contributed by atoms with E-state index in [0.717, 1.165) is 18.9 Å². The van der Waals surface area contributed by atoms with Gasteiger partial charge in [-0.25, -0.2) is 8.42 Å². The van der Waals surface area contributed by atoms with Crippen molar-refractivity contribution in [2.45, 2.75) is 63.3 Å². The van der Waals surface area contributed by atoms with Crippen LogP contribution in [-0.4, -0.2) is 57.4 Å². The molecular weight excluding hydrogens is 393 g/mol. The van der Waals surface area contributed by atoms with Gasteiger partial charge in [0, 0.05) is 33.2 Å². The maximum Gasteiger partial charge on any atom is 0.511 e. The molecule has 2 N–H and O–H groups in total. The standard InChI is InChI=1S/C18H33F3N4O2S/c1-22-17(23-11-5-4-8-15-6-2-3-7-15)24-14-16-9-12-25(13-10-16)28(26,27)18(19,20)21/h15-16H,2-14H2,1H3,(H2,22,23,24). The second-order valence-electron chi connectivity index (χ2n) is 7.82. The van der Waals surface area contributed by atoms with Crippen LogP contribution in [0, 0.1) is 11.8 Å². The normalized spacial score (nSPS) is 21.2. The van der Waals surface area contributed by atoms with Crippen LogP contribution in [0.15, 0.2) is 4.99 Å². The fourth-order valence-corrected chi connectivity index (χ4v) is 5.01. The molecule has 2 fully saturated rings. The summed E-state index contributed by atoms with van der Waals surface area (Å²) < 4.78 is 61.2. The van der Waals surface area contributed by atoms with Crippen molar-refractivity contribution < 1.29 is 21.6 Å². The lowest BCUT2D eigenvalue weighted by Gasteiger charge is -2.31. The molecule has 2 rings (SSSR count). The van der Waals surface area contributed by atoms with Crippen molar-refractivity contribution in [3.63, 3.8) is 0 Å². The minimum Gasteiger partial charge on any atom is -0.356 e. The molecule has 28 heavy (non-hydrogen) atoms. The molecule has 0 atom stereocenters. The monoisotopic (exact) mass is 426 g/mol. The first kappa shape index (κ1) is 23.3. The first-order valence-corrected chi connectivity index (χ1v) is 11.7. The zero-order valence-corrected chi connectivity index (χ0v) is 17.4. The zero-order valence-electron chi connectivity index (χ0n) is 16.6. The molecule has 6 nitrogen and oxygen atoms in total. The van der Waals surface area contributed by atoms with Gasteiger partial charge in [0.2, 0.25) is 0 Å². The average Bonchev–Trinajstić information content (AvgIpc) is 3.17. The second-order valence-corrected chi connectivity index (χ2v) is 9.75. The van der Waals surface area contributed by atoms with E-state index in [-0.39, 0.29) is 19.0 Å². The van der Waals surface area contributed by atoms with E-state index >= 15 is 0 Å². The third kappa shape index (κ3) is 6.79. The van der Waals surface area contributed by atoms with Crippen molar-refractivity contribution in [2.75, 3.05) is 33.2 Å². The van der Waals surface area contributed by atoms with E-state index in [4.69, 9.17) is 0 Å². The topological polar surface area (TPSA) is 73.8 Å². The van der Waals surface area contributed by atoms with Crippen LogP contribution in [0.5, 0.6) is 0 Å². The maximum absolute atomic E-state index is 12.6. The van der Waals surface area contributed by atoms with Crippen LogP contribution in [-0.2, 0) is 10.0 Å². The van der Waals surface area contributed by atoms with Crippen molar-refractivity contribution in [2.24, 2.45) is 16.8 Å². The molecule has 0 radical (unpaired) electrons. The Morgan fingerprint density at radius 3 is 2.25 bits per heavy atom. The van der Waals surface area contributed by atoms with Crippen molar-refractivity contribution in [1.82, 2.24) is 14.9 Å². The number of alkyl halides is 3. The molecule has 1 saturated carbocycles. The molecule has 0 amide bonds. The van der Waals surface area contributed by atoms with Crippen LogP contribution in [0.4, 0.5) is 13.2 Å². The summed E-state index contributed by atoms with van der Waals surface area (Å²) in [7, 11) is -3.52. The lowest BCUT2D eigenvalue weighted by atomic mass is 9.98. The van der Waals surface area contributed by atoms with Crippen molar-refractivity contribution in [1.29, 1.82) is 0 Å². The first-order valence-electron chi connectivity index (χ1n) is 10.2. The highest BCUT2D eigenvalue weighted by Gasteiger charge is 2.50. The minimum atomic E-state index is -5.22. The Morgan fingerprint density at radius 1 is 1.04 bits per heavy atom. The number of unbranched alkanes of at least 4 members (excludes halogenated alkanes) is 1. The van der Waals surface area contributed by atoms with Crippen LogP contribution < -0.4 is 10.6 Å². The van der Waals surface area contributed by atoms with E-state index < -0.39 is 15.5 Å². The number of rotatable bonds is 8. The van der Waals surface area contributed by atoms with E-state index in [0.29, 0.717) is 29.7 Å². The smallest absolute Gasteiger partial charge is 0.356 e. The Morgan fingerprint density at radius 2 is 1.68 bits per heavy atom. The van der Waals surface area contributed by atoms with E-state index in [1.54, 1.807) is 7.05 Å². The molecule has 2 aliphatic rings. The summed E-state index contributed by atoms with van der Waals surface area (Å²) >= 11 is 0. The molecule has 1 saturated heterocycles. The number of nitrogens with zero attached hydrogens (tertiary/aromatic N) is 2. The molecule has 0 aromatic rings. The molecule has 1 aliphatic heterocycles. The summed E-state index contributed by atoms with van der Waals surface area (Å²) in [6.45, 7) is 1.22. The van der Waals surface area contributed by atoms with Gasteiger partial charge in [-0.1, -0.05) is 38.5 Å². The van der Waals surface area contributed by atoms with E-state index in [1.807, 2.05) is 0 Å². The van der Waals surface area contributed by atoms with Crippen LogP contribution in [0.3, 0.4) is 0 Å². The maximum atomic E-state index is 12.6. The molecule has 0 aromatic carbocycles. The molecule has 10 heteroatoms. The summed E-state index contributed by atoms with van der Waals surface area (Å²) in [6, 6.07) is 0. The Labute approximate surface area is 166 Å². The van der Waals surface area contributed by atoms with Gasteiger partial charge in [-0.15, -0.1) is 0 Å². The third-order valence-corrected chi connectivity index (χ3v) is 7.42. The number of hydrogen-bond donors (Lipinski definition) is 2. The molecule has 0 bridgehead atoms. The number of halogens is 3. The quantitative estimate of drug-likeness (QED) is 0.355.